The fourth-order valence-electron chi connectivity index (χ4n) is 13.2. The van der Waals surface area contributed by atoms with Crippen molar-refractivity contribution >= 4 is 98.4 Å². The fourth-order valence-corrected chi connectivity index (χ4v) is 13.2. The third-order valence-electron chi connectivity index (χ3n) is 16.7. The Balaban J connectivity index is 0.948. The molecule has 11 aromatic carbocycles. The highest BCUT2D eigenvalue weighted by Gasteiger charge is 2.45. The maximum atomic E-state index is 7.27. The molecular weight excluding hydrogens is 911 g/mol. The van der Waals surface area contributed by atoms with Gasteiger partial charge in [-0.3, -0.25) is 4.99 Å². The van der Waals surface area contributed by atoms with Gasteiger partial charge in [-0.2, -0.15) is 0 Å². The van der Waals surface area contributed by atoms with E-state index in [0.29, 0.717) is 0 Å². The molecule has 0 N–H and O–H groups in total. The molecule has 16 rings (SSSR count). The summed E-state index contributed by atoms with van der Waals surface area (Å²) < 4.78 is 12.2. The smallest absolute Gasteiger partial charge is 0.160 e. The lowest BCUT2D eigenvalue weighted by atomic mass is 9.80. The van der Waals surface area contributed by atoms with Crippen LogP contribution in [-0.2, 0) is 0 Å². The van der Waals surface area contributed by atoms with E-state index in [2.05, 4.69) is 253 Å². The maximum absolute atomic E-state index is 7.27. The molecule has 1 fully saturated rings. The van der Waals surface area contributed by atoms with E-state index in [1.807, 2.05) is 0 Å². The Hall–Kier alpha value is -9.25. The minimum absolute atomic E-state index is 0.0849. The summed E-state index contributed by atoms with van der Waals surface area (Å²) in [6, 6.07) is 87.0. The fraction of sp³-hybridized carbons (Fsp3) is 0.0845. The van der Waals surface area contributed by atoms with Gasteiger partial charge in [0.25, 0.3) is 0 Å². The van der Waals surface area contributed by atoms with Gasteiger partial charge in [0, 0.05) is 49.8 Å². The number of rotatable bonds is 7. The monoisotopic (exact) mass is 959 g/mol. The molecule has 354 valence electrons. The largest absolute Gasteiger partial charge is 0.454 e. The van der Waals surface area contributed by atoms with Gasteiger partial charge in [0.2, 0.25) is 0 Å². The van der Waals surface area contributed by atoms with Crippen molar-refractivity contribution in [2.75, 3.05) is 0 Å². The Morgan fingerprint density at radius 3 is 1.81 bits per heavy atom. The molecule has 1 aliphatic carbocycles. The highest BCUT2D eigenvalue weighted by Crippen LogP contribution is 2.57. The zero-order valence-corrected chi connectivity index (χ0v) is 41.4. The molecule has 0 radical (unpaired) electrons. The molecule has 0 amide bonds. The molecule has 75 heavy (non-hydrogen) atoms. The molecular formula is C71H49N3O. The first kappa shape index (κ1) is 42.3. The number of aromatic nitrogens is 2. The summed E-state index contributed by atoms with van der Waals surface area (Å²) in [4.78, 5) is 6.11. The van der Waals surface area contributed by atoms with E-state index in [1.54, 1.807) is 0 Å². The van der Waals surface area contributed by atoms with E-state index in [0.717, 1.165) is 40.8 Å². The lowest BCUT2D eigenvalue weighted by molar-refractivity contribution is 0.524. The van der Waals surface area contributed by atoms with Crippen LogP contribution in [0.25, 0.3) is 115 Å². The third kappa shape index (κ3) is 6.45. The van der Waals surface area contributed by atoms with E-state index in [9.17, 15) is 0 Å². The molecule has 3 atom stereocenters. The molecule has 4 heterocycles. The number of hydrogen-bond acceptors (Lipinski definition) is 2. The molecule has 0 spiro atoms. The molecule has 0 saturated heterocycles. The number of hydrogen-bond donors (Lipinski definition) is 0. The normalized spacial score (nSPS) is 16.8. The van der Waals surface area contributed by atoms with Crippen LogP contribution in [0.1, 0.15) is 42.5 Å². The van der Waals surface area contributed by atoms with Gasteiger partial charge in [-0.1, -0.05) is 182 Å². The Morgan fingerprint density at radius 2 is 1.08 bits per heavy atom. The first-order valence-corrected chi connectivity index (χ1v) is 26.5. The number of nitrogens with zero attached hydrogens (tertiary/aromatic N) is 3. The van der Waals surface area contributed by atoms with Crippen LogP contribution in [0.3, 0.4) is 0 Å². The van der Waals surface area contributed by atoms with Gasteiger partial charge in [0.1, 0.15) is 5.58 Å². The summed E-state index contributed by atoms with van der Waals surface area (Å²) >= 11 is 0. The van der Waals surface area contributed by atoms with Crippen LogP contribution in [0.15, 0.2) is 252 Å². The predicted octanol–water partition coefficient (Wildman–Crippen LogP) is 18.8. The molecule has 4 nitrogen and oxygen atoms in total. The molecule has 4 heteroatoms. The summed E-state index contributed by atoms with van der Waals surface area (Å²) in [6.07, 6.45) is 1.88. The standard InChI is InChI=1S/C71H49N3O/c1-2-52-67(56-34-35-62(71-68(56)55-29-14-16-31-66(55)75-71)74-64-39-47-22-11-9-20-45(47)37-57(64)58-38-46-21-10-12-23-48(46)40-65(58)74)59-42-60(59)70(72-69(52)49-25-17-24-44(36-49)43-18-5-3-6-19-43)50-32-33-54-53-28-13-15-30-61(53)73(63(54)41-50)51-26-7-4-8-27-51/h3-41,52,60,69H,2,42H2,1H3. The Bertz CT molecular complexity index is 4650. The number of furan rings is 1. The van der Waals surface area contributed by atoms with Crippen molar-refractivity contribution in [3.63, 3.8) is 0 Å². The van der Waals surface area contributed by atoms with Gasteiger partial charge in [0.15, 0.2) is 5.58 Å². The number of para-hydroxylation sites is 3. The average Bonchev–Trinajstić information content (AvgIpc) is 4.04. The van der Waals surface area contributed by atoms with Crippen molar-refractivity contribution in [2.24, 2.45) is 16.8 Å². The van der Waals surface area contributed by atoms with Crippen LogP contribution in [0, 0.1) is 11.8 Å². The van der Waals surface area contributed by atoms with Crippen LogP contribution in [0.5, 0.6) is 0 Å². The number of aliphatic imine (C=N–C) groups is 1. The van der Waals surface area contributed by atoms with Crippen molar-refractivity contribution in [2.45, 2.75) is 25.8 Å². The number of allylic oxidation sites excluding steroid dienone is 1. The van der Waals surface area contributed by atoms with E-state index >= 15 is 0 Å². The second-order valence-electron chi connectivity index (χ2n) is 20.8. The molecule has 0 bridgehead atoms. The highest BCUT2D eigenvalue weighted by molar-refractivity contribution is 6.20. The van der Waals surface area contributed by atoms with Crippen molar-refractivity contribution in [1.29, 1.82) is 0 Å². The zero-order chi connectivity index (χ0) is 49.3. The highest BCUT2D eigenvalue weighted by atomic mass is 16.3. The quantitative estimate of drug-likeness (QED) is 0.157. The van der Waals surface area contributed by atoms with Gasteiger partial charge < -0.3 is 13.6 Å². The van der Waals surface area contributed by atoms with Crippen LogP contribution in [-0.4, -0.2) is 14.8 Å². The minimum atomic E-state index is -0.147. The topological polar surface area (TPSA) is 35.4 Å². The predicted molar refractivity (Wildman–Crippen MR) is 314 cm³/mol. The lowest BCUT2D eigenvalue weighted by Crippen LogP contribution is -2.15. The van der Waals surface area contributed by atoms with Crippen molar-refractivity contribution in [1.82, 2.24) is 9.13 Å². The molecule has 1 saturated carbocycles. The van der Waals surface area contributed by atoms with Crippen molar-refractivity contribution in [3.8, 4) is 22.5 Å². The summed E-state index contributed by atoms with van der Waals surface area (Å²) in [7, 11) is 0. The average molecular weight is 960 g/mol. The summed E-state index contributed by atoms with van der Waals surface area (Å²) in [5.41, 5.74) is 18.9. The van der Waals surface area contributed by atoms with Crippen LogP contribution >= 0.6 is 0 Å². The lowest BCUT2D eigenvalue weighted by Gasteiger charge is -2.27. The summed E-state index contributed by atoms with van der Waals surface area (Å²) in [6.45, 7) is 2.37. The molecule has 2 aliphatic rings. The van der Waals surface area contributed by atoms with E-state index < -0.39 is 0 Å². The van der Waals surface area contributed by atoms with Crippen LogP contribution in [0.4, 0.5) is 0 Å². The van der Waals surface area contributed by atoms with Crippen LogP contribution < -0.4 is 0 Å². The second kappa shape index (κ2) is 16.4. The van der Waals surface area contributed by atoms with E-state index in [4.69, 9.17) is 9.41 Å². The first-order chi connectivity index (χ1) is 37.1. The van der Waals surface area contributed by atoms with Crippen LogP contribution in [0.2, 0.25) is 0 Å². The van der Waals surface area contributed by atoms with Crippen molar-refractivity contribution in [3.05, 3.63) is 259 Å². The van der Waals surface area contributed by atoms with Crippen molar-refractivity contribution < 1.29 is 4.42 Å². The van der Waals surface area contributed by atoms with E-state index in [1.165, 1.54) is 115 Å². The zero-order valence-electron chi connectivity index (χ0n) is 41.4. The third-order valence-corrected chi connectivity index (χ3v) is 16.7. The molecule has 1 aliphatic heterocycles. The number of fused-ring (bicyclic) bond motifs is 12. The maximum Gasteiger partial charge on any atom is 0.160 e. The van der Waals surface area contributed by atoms with E-state index in [-0.39, 0.29) is 17.9 Å². The Labute approximate surface area is 433 Å². The second-order valence-corrected chi connectivity index (χ2v) is 20.8. The Morgan fingerprint density at radius 1 is 0.467 bits per heavy atom. The number of benzene rings is 11. The van der Waals surface area contributed by atoms with Gasteiger partial charge in [-0.25, -0.2) is 0 Å². The molecule has 3 unspecified atom stereocenters. The summed E-state index contributed by atoms with van der Waals surface area (Å²) in [5.74, 6) is 0.261. The molecule has 14 aromatic rings. The van der Waals surface area contributed by atoms with Gasteiger partial charge >= 0.3 is 0 Å². The minimum Gasteiger partial charge on any atom is -0.454 e. The summed E-state index contributed by atoms with van der Waals surface area (Å²) in [5, 5.41) is 12.2. The van der Waals surface area contributed by atoms with Gasteiger partial charge in [-0.05, 0) is 135 Å². The first-order valence-electron chi connectivity index (χ1n) is 26.5. The molecule has 3 aromatic heterocycles. The van der Waals surface area contributed by atoms with Gasteiger partial charge in [-0.15, -0.1) is 0 Å². The SMILES string of the molecule is CCC1C(c2ccc(-n3c4cc5ccccc5cc4c4cc5ccccc5cc43)c3oc4ccccc4c23)=C2CC2C(c2ccc3c4ccccc4n(-c4ccccc4)c3c2)=NC1c1cccc(-c2ccccc2)c1. The van der Waals surface area contributed by atoms with Gasteiger partial charge in [0.05, 0.1) is 39.5 Å². The Kier molecular flexibility index (Phi) is 9.23.